The molecule has 6 aromatic carbocycles. The number of hydrogen-bond donors (Lipinski definition) is 0. The Kier molecular flexibility index (Phi) is 4.68. The molecule has 0 atom stereocenters. The van der Waals surface area contributed by atoms with Gasteiger partial charge in [0.2, 0.25) is 0 Å². The standard InChI is InChI=1S/C36H24BN/c1-2-10-25(11-3-1)26-18-20-27(21-19-26)28-22-23-30-32-14-6-9-17-36(32)38-35-16-8-5-13-31(35)29-12-4-7-15-33(29)37(38)34(30)24-28/h1-24H. The van der Waals surface area contributed by atoms with Crippen molar-refractivity contribution >= 4 is 29.1 Å². The second-order valence-electron chi connectivity index (χ2n) is 10.1. The lowest BCUT2D eigenvalue weighted by Crippen LogP contribution is -2.59. The van der Waals surface area contributed by atoms with Crippen LogP contribution >= 0.6 is 0 Å². The van der Waals surface area contributed by atoms with Gasteiger partial charge >= 0.3 is 6.85 Å². The van der Waals surface area contributed by atoms with Gasteiger partial charge in [0.25, 0.3) is 0 Å². The smallest absolute Gasteiger partial charge is 0.329 e. The summed E-state index contributed by atoms with van der Waals surface area (Å²) in [6.07, 6.45) is 0. The van der Waals surface area contributed by atoms with Gasteiger partial charge in [-0.1, -0.05) is 133 Å². The number of para-hydroxylation sites is 2. The molecule has 176 valence electrons. The number of anilines is 2. The largest absolute Gasteiger partial charge is 0.376 e. The van der Waals surface area contributed by atoms with E-state index in [0.29, 0.717) is 0 Å². The zero-order valence-corrected chi connectivity index (χ0v) is 20.9. The highest BCUT2D eigenvalue weighted by Crippen LogP contribution is 2.45. The molecule has 0 N–H and O–H groups in total. The molecule has 8 rings (SSSR count). The number of rotatable bonds is 2. The third-order valence-electron chi connectivity index (χ3n) is 8.09. The molecule has 0 saturated carbocycles. The van der Waals surface area contributed by atoms with Gasteiger partial charge in [0.15, 0.2) is 0 Å². The van der Waals surface area contributed by atoms with Gasteiger partial charge in [-0.05, 0) is 56.4 Å². The molecule has 0 spiro atoms. The van der Waals surface area contributed by atoms with Crippen molar-refractivity contribution in [3.05, 3.63) is 146 Å². The third-order valence-corrected chi connectivity index (χ3v) is 8.09. The van der Waals surface area contributed by atoms with E-state index in [9.17, 15) is 0 Å². The van der Waals surface area contributed by atoms with Crippen LogP contribution in [-0.2, 0) is 0 Å². The summed E-state index contributed by atoms with van der Waals surface area (Å²) in [4.78, 5) is 2.55. The summed E-state index contributed by atoms with van der Waals surface area (Å²) in [5.41, 5.74) is 15.5. The summed E-state index contributed by atoms with van der Waals surface area (Å²) in [7, 11) is 0. The second kappa shape index (κ2) is 8.36. The minimum atomic E-state index is 0.120. The van der Waals surface area contributed by atoms with Crippen molar-refractivity contribution in [3.8, 4) is 44.5 Å². The van der Waals surface area contributed by atoms with E-state index in [2.05, 4.69) is 150 Å². The van der Waals surface area contributed by atoms with Crippen molar-refractivity contribution in [1.29, 1.82) is 0 Å². The van der Waals surface area contributed by atoms with Crippen molar-refractivity contribution in [2.45, 2.75) is 0 Å². The lowest BCUT2D eigenvalue weighted by Gasteiger charge is -2.43. The average molecular weight is 481 g/mol. The van der Waals surface area contributed by atoms with E-state index < -0.39 is 0 Å². The van der Waals surface area contributed by atoms with Crippen LogP contribution < -0.4 is 15.7 Å². The molecule has 0 bridgehead atoms. The highest BCUT2D eigenvalue weighted by molar-refractivity contribution is 6.92. The SMILES string of the molecule is c1ccc(-c2ccc(-c3ccc4c(c3)B3c5ccccc5-c5ccccc5N3c3ccccc3-4)cc2)cc1. The minimum absolute atomic E-state index is 0.120. The number of benzene rings is 6. The normalized spacial score (nSPS) is 12.6. The molecule has 38 heavy (non-hydrogen) atoms. The lowest BCUT2D eigenvalue weighted by atomic mass is 9.43. The first-order chi connectivity index (χ1) is 18.9. The summed E-state index contributed by atoms with van der Waals surface area (Å²) in [5.74, 6) is 0. The Labute approximate surface area is 223 Å². The van der Waals surface area contributed by atoms with Crippen LogP contribution in [0.15, 0.2) is 146 Å². The Bertz CT molecular complexity index is 1820. The van der Waals surface area contributed by atoms with Crippen LogP contribution in [0.3, 0.4) is 0 Å². The van der Waals surface area contributed by atoms with Gasteiger partial charge in [-0.2, -0.15) is 0 Å². The van der Waals surface area contributed by atoms with Crippen LogP contribution in [0.5, 0.6) is 0 Å². The highest BCUT2D eigenvalue weighted by atomic mass is 15.1. The van der Waals surface area contributed by atoms with Gasteiger partial charge < -0.3 is 4.81 Å². The van der Waals surface area contributed by atoms with E-state index in [0.717, 1.165) is 0 Å². The topological polar surface area (TPSA) is 3.24 Å². The fourth-order valence-electron chi connectivity index (χ4n) is 6.36. The first-order valence-corrected chi connectivity index (χ1v) is 13.2. The lowest BCUT2D eigenvalue weighted by molar-refractivity contribution is 1.35. The number of hydrogen-bond acceptors (Lipinski definition) is 1. The van der Waals surface area contributed by atoms with Crippen molar-refractivity contribution in [1.82, 2.24) is 0 Å². The quantitative estimate of drug-likeness (QED) is 0.227. The van der Waals surface area contributed by atoms with Crippen LogP contribution in [0.25, 0.3) is 44.5 Å². The Morgan fingerprint density at radius 3 is 1.50 bits per heavy atom. The van der Waals surface area contributed by atoms with Crippen LogP contribution in [0.2, 0.25) is 0 Å². The maximum absolute atomic E-state index is 2.55. The molecule has 0 aliphatic carbocycles. The Morgan fingerprint density at radius 1 is 0.342 bits per heavy atom. The molecular formula is C36H24BN. The second-order valence-corrected chi connectivity index (χ2v) is 10.1. The molecule has 1 nitrogen and oxygen atoms in total. The fraction of sp³-hybridized carbons (Fsp3) is 0. The van der Waals surface area contributed by atoms with Crippen molar-refractivity contribution in [2.75, 3.05) is 4.81 Å². The van der Waals surface area contributed by atoms with Crippen LogP contribution in [0.4, 0.5) is 11.4 Å². The summed E-state index contributed by atoms with van der Waals surface area (Å²) in [6, 6.07) is 53.2. The molecule has 0 aromatic heterocycles. The molecule has 0 unspecified atom stereocenters. The van der Waals surface area contributed by atoms with Gasteiger partial charge in [0.05, 0.1) is 0 Å². The van der Waals surface area contributed by atoms with Gasteiger partial charge in [0.1, 0.15) is 0 Å². The van der Waals surface area contributed by atoms with E-state index >= 15 is 0 Å². The van der Waals surface area contributed by atoms with E-state index in [4.69, 9.17) is 0 Å². The molecule has 0 fully saturated rings. The predicted octanol–water partition coefficient (Wildman–Crippen LogP) is 7.93. The summed E-state index contributed by atoms with van der Waals surface area (Å²) >= 11 is 0. The monoisotopic (exact) mass is 481 g/mol. The van der Waals surface area contributed by atoms with E-state index in [-0.39, 0.29) is 6.85 Å². The molecule has 0 radical (unpaired) electrons. The average Bonchev–Trinajstić information content (AvgIpc) is 3.01. The Hall–Kier alpha value is -4.82. The van der Waals surface area contributed by atoms with E-state index in [1.54, 1.807) is 0 Å². The summed E-state index contributed by atoms with van der Waals surface area (Å²) < 4.78 is 0. The molecule has 2 aliphatic heterocycles. The Morgan fingerprint density at radius 2 is 0.816 bits per heavy atom. The first-order valence-electron chi connectivity index (χ1n) is 13.2. The summed E-state index contributed by atoms with van der Waals surface area (Å²) in [5, 5.41) is 0. The molecule has 2 heterocycles. The maximum Gasteiger partial charge on any atom is 0.329 e. The van der Waals surface area contributed by atoms with Crippen molar-refractivity contribution in [2.24, 2.45) is 0 Å². The van der Waals surface area contributed by atoms with Crippen LogP contribution in [0, 0.1) is 0 Å². The molecular weight excluding hydrogens is 457 g/mol. The predicted molar refractivity (Wildman–Crippen MR) is 162 cm³/mol. The zero-order valence-electron chi connectivity index (χ0n) is 20.9. The van der Waals surface area contributed by atoms with Crippen molar-refractivity contribution < 1.29 is 0 Å². The molecule has 0 saturated heterocycles. The Balaban J connectivity index is 1.33. The molecule has 2 aliphatic rings. The van der Waals surface area contributed by atoms with Crippen LogP contribution in [-0.4, -0.2) is 6.85 Å². The van der Waals surface area contributed by atoms with E-state index in [1.807, 2.05) is 0 Å². The van der Waals surface area contributed by atoms with Gasteiger partial charge in [0, 0.05) is 22.5 Å². The molecule has 0 amide bonds. The van der Waals surface area contributed by atoms with Gasteiger partial charge in [-0.3, -0.25) is 0 Å². The molecule has 6 aromatic rings. The zero-order chi connectivity index (χ0) is 25.1. The maximum atomic E-state index is 2.55. The minimum Gasteiger partial charge on any atom is -0.376 e. The van der Waals surface area contributed by atoms with E-state index in [1.165, 1.54) is 66.8 Å². The third kappa shape index (κ3) is 3.14. The molecule has 2 heteroatoms. The number of nitrogens with zero attached hydrogens (tertiary/aromatic N) is 1. The van der Waals surface area contributed by atoms with Crippen molar-refractivity contribution in [3.63, 3.8) is 0 Å². The highest BCUT2D eigenvalue weighted by Gasteiger charge is 2.41. The number of fused-ring (bicyclic) bond motifs is 11. The summed E-state index contributed by atoms with van der Waals surface area (Å²) in [6.45, 7) is 0.120. The van der Waals surface area contributed by atoms with Gasteiger partial charge in [-0.15, -0.1) is 0 Å². The van der Waals surface area contributed by atoms with Crippen LogP contribution in [0.1, 0.15) is 0 Å². The van der Waals surface area contributed by atoms with Gasteiger partial charge in [-0.25, -0.2) is 0 Å². The fourth-order valence-corrected chi connectivity index (χ4v) is 6.36. The first kappa shape index (κ1) is 21.3.